The summed E-state index contributed by atoms with van der Waals surface area (Å²) in [5, 5.41) is 2.83. The Morgan fingerprint density at radius 2 is 1.68 bits per heavy atom. The van der Waals surface area contributed by atoms with Gasteiger partial charge in [0.1, 0.15) is 18.4 Å². The molecule has 40 heavy (non-hydrogen) atoms. The van der Waals surface area contributed by atoms with E-state index in [1.807, 2.05) is 13.8 Å². The third-order valence-corrected chi connectivity index (χ3v) is 8.97. The number of nitrogens with one attached hydrogen (secondary N) is 1. The predicted molar refractivity (Wildman–Crippen MR) is 157 cm³/mol. The quantitative estimate of drug-likeness (QED) is 0.257. The molecule has 0 aliphatic carbocycles. The zero-order valence-corrected chi connectivity index (χ0v) is 24.9. The minimum atomic E-state index is -4.32. The number of aryl methyl sites for hydroxylation is 1. The monoisotopic (exact) mass is 607 g/mol. The summed E-state index contributed by atoms with van der Waals surface area (Å²) >= 11 is 12.6. The van der Waals surface area contributed by atoms with Gasteiger partial charge in [-0.15, -0.1) is 0 Å². The summed E-state index contributed by atoms with van der Waals surface area (Å²) in [7, 11) is -4.32. The van der Waals surface area contributed by atoms with Crippen LogP contribution in [0, 0.1) is 12.7 Å². The van der Waals surface area contributed by atoms with Crippen molar-refractivity contribution in [3.63, 3.8) is 0 Å². The van der Waals surface area contributed by atoms with Crippen LogP contribution in [0.5, 0.6) is 0 Å². The van der Waals surface area contributed by atoms with Crippen molar-refractivity contribution in [2.45, 2.75) is 51.1 Å². The standard InChI is InChI=1S/C29H32Cl2FN3O4S/c1-4-5-17-33-29(37)21(3)34(18-22-9-6-7-11-25(22)32)27(36)19-35(26-12-8-10-24(30)28(26)31)40(38,39)23-15-13-20(2)14-16-23/h6-16,21H,4-5,17-19H2,1-3H3,(H,33,37)/t21-/m1/s1. The van der Waals surface area contributed by atoms with Crippen LogP contribution in [0.2, 0.25) is 10.0 Å². The summed E-state index contributed by atoms with van der Waals surface area (Å²) in [6.07, 6.45) is 1.61. The molecule has 1 atom stereocenters. The molecule has 1 N–H and O–H groups in total. The number of sulfonamides is 1. The fourth-order valence-electron chi connectivity index (χ4n) is 3.96. The van der Waals surface area contributed by atoms with Crippen LogP contribution in [-0.4, -0.2) is 44.3 Å². The molecule has 0 fully saturated rings. The lowest BCUT2D eigenvalue weighted by molar-refractivity contribution is -0.139. The number of halogens is 3. The topological polar surface area (TPSA) is 86.8 Å². The first-order valence-electron chi connectivity index (χ1n) is 12.8. The summed E-state index contributed by atoms with van der Waals surface area (Å²) in [5.41, 5.74) is 1.02. The number of hydrogen-bond donors (Lipinski definition) is 1. The van der Waals surface area contributed by atoms with E-state index in [4.69, 9.17) is 23.2 Å². The molecule has 0 aliphatic heterocycles. The molecule has 0 heterocycles. The highest BCUT2D eigenvalue weighted by Crippen LogP contribution is 2.35. The van der Waals surface area contributed by atoms with Gasteiger partial charge in [-0.25, -0.2) is 12.8 Å². The summed E-state index contributed by atoms with van der Waals surface area (Å²) in [6, 6.07) is 15.5. The average molecular weight is 609 g/mol. The second kappa shape index (κ2) is 14.0. The second-order valence-corrected chi connectivity index (χ2v) is 12.0. The van der Waals surface area contributed by atoms with Crippen LogP contribution in [0.15, 0.2) is 71.6 Å². The van der Waals surface area contributed by atoms with Gasteiger partial charge in [0, 0.05) is 18.7 Å². The van der Waals surface area contributed by atoms with E-state index in [2.05, 4.69) is 5.32 Å². The van der Waals surface area contributed by atoms with Crippen molar-refractivity contribution in [1.82, 2.24) is 10.2 Å². The van der Waals surface area contributed by atoms with E-state index < -0.39 is 40.2 Å². The van der Waals surface area contributed by atoms with Gasteiger partial charge in [-0.05, 0) is 50.6 Å². The lowest BCUT2D eigenvalue weighted by Gasteiger charge is -2.32. The number of amides is 2. The molecular weight excluding hydrogens is 576 g/mol. The van der Waals surface area contributed by atoms with Crippen molar-refractivity contribution in [3.05, 3.63) is 93.7 Å². The molecule has 7 nitrogen and oxygen atoms in total. The Hall–Kier alpha value is -3.14. The third kappa shape index (κ3) is 7.53. The smallest absolute Gasteiger partial charge is 0.264 e. The van der Waals surface area contributed by atoms with Crippen LogP contribution in [0.25, 0.3) is 0 Å². The number of unbranched alkanes of at least 4 members (excludes halogenated alkanes) is 1. The molecule has 3 aromatic carbocycles. The molecule has 0 unspecified atom stereocenters. The number of nitrogens with zero attached hydrogens (tertiary/aromatic N) is 2. The van der Waals surface area contributed by atoms with Gasteiger partial charge >= 0.3 is 0 Å². The van der Waals surface area contributed by atoms with E-state index in [1.54, 1.807) is 18.2 Å². The van der Waals surface area contributed by atoms with Gasteiger partial charge in [-0.1, -0.05) is 78.5 Å². The van der Waals surface area contributed by atoms with Crippen molar-refractivity contribution in [2.24, 2.45) is 0 Å². The number of benzene rings is 3. The SMILES string of the molecule is CCCCNC(=O)[C@@H](C)N(Cc1ccccc1F)C(=O)CN(c1cccc(Cl)c1Cl)S(=O)(=O)c1ccc(C)cc1. The summed E-state index contributed by atoms with van der Waals surface area (Å²) in [5.74, 6) is -1.72. The van der Waals surface area contributed by atoms with Crippen LogP contribution in [-0.2, 0) is 26.2 Å². The summed E-state index contributed by atoms with van der Waals surface area (Å²) in [4.78, 5) is 28.0. The lowest BCUT2D eigenvalue weighted by atomic mass is 10.1. The first kappa shape index (κ1) is 31.4. The molecule has 0 spiro atoms. The van der Waals surface area contributed by atoms with E-state index in [0.29, 0.717) is 6.54 Å². The Morgan fingerprint density at radius 3 is 2.33 bits per heavy atom. The molecule has 11 heteroatoms. The van der Waals surface area contributed by atoms with E-state index in [0.717, 1.165) is 27.6 Å². The fraction of sp³-hybridized carbons (Fsp3) is 0.310. The Labute approximate surface area is 244 Å². The number of carbonyl (C=O) groups excluding carboxylic acids is 2. The van der Waals surface area contributed by atoms with Crippen LogP contribution in [0.1, 0.15) is 37.8 Å². The highest BCUT2D eigenvalue weighted by Gasteiger charge is 2.34. The van der Waals surface area contributed by atoms with E-state index in [-0.39, 0.29) is 32.7 Å². The normalized spacial score (nSPS) is 12.1. The summed E-state index contributed by atoms with van der Waals surface area (Å²) in [6.45, 7) is 4.76. The Bertz CT molecular complexity index is 1450. The van der Waals surface area contributed by atoms with Crippen molar-refractivity contribution < 1.29 is 22.4 Å². The number of anilines is 1. The second-order valence-electron chi connectivity index (χ2n) is 9.33. The zero-order valence-electron chi connectivity index (χ0n) is 22.5. The molecule has 0 bridgehead atoms. The summed E-state index contributed by atoms with van der Waals surface area (Å²) < 4.78 is 43.2. The maximum Gasteiger partial charge on any atom is 0.264 e. The van der Waals surface area contributed by atoms with Crippen LogP contribution in [0.4, 0.5) is 10.1 Å². The number of rotatable bonds is 12. The highest BCUT2D eigenvalue weighted by molar-refractivity contribution is 7.92. The highest BCUT2D eigenvalue weighted by atomic mass is 35.5. The van der Waals surface area contributed by atoms with Crippen LogP contribution >= 0.6 is 23.2 Å². The zero-order chi connectivity index (χ0) is 29.4. The van der Waals surface area contributed by atoms with Gasteiger partial charge in [-0.3, -0.25) is 13.9 Å². The van der Waals surface area contributed by atoms with Gasteiger partial charge in [0.15, 0.2) is 0 Å². The van der Waals surface area contributed by atoms with Gasteiger partial charge in [0.25, 0.3) is 10.0 Å². The Balaban J connectivity index is 2.05. The molecule has 214 valence electrons. The van der Waals surface area contributed by atoms with Gasteiger partial charge in [-0.2, -0.15) is 0 Å². The van der Waals surface area contributed by atoms with E-state index in [9.17, 15) is 22.4 Å². The van der Waals surface area contributed by atoms with Gasteiger partial charge in [0.2, 0.25) is 11.8 Å². The Kier molecular flexibility index (Phi) is 11.0. The fourth-order valence-corrected chi connectivity index (χ4v) is 5.84. The molecule has 2 amide bonds. The number of carbonyl (C=O) groups is 2. The minimum absolute atomic E-state index is 0.00557. The molecule has 3 rings (SSSR count). The molecule has 0 radical (unpaired) electrons. The van der Waals surface area contributed by atoms with Crippen molar-refractivity contribution in [1.29, 1.82) is 0 Å². The predicted octanol–water partition coefficient (Wildman–Crippen LogP) is 5.97. The average Bonchev–Trinajstić information content (AvgIpc) is 2.92. The molecule has 0 aromatic heterocycles. The molecular formula is C29H32Cl2FN3O4S. The molecule has 0 aliphatic rings. The lowest BCUT2D eigenvalue weighted by Crippen LogP contribution is -2.51. The molecule has 0 saturated carbocycles. The first-order valence-corrected chi connectivity index (χ1v) is 15.0. The first-order chi connectivity index (χ1) is 19.0. The maximum absolute atomic E-state index is 14.6. The van der Waals surface area contributed by atoms with Crippen molar-refractivity contribution >= 4 is 50.7 Å². The van der Waals surface area contributed by atoms with Crippen molar-refractivity contribution in [2.75, 3.05) is 17.4 Å². The maximum atomic E-state index is 14.6. The van der Waals surface area contributed by atoms with Crippen molar-refractivity contribution in [3.8, 4) is 0 Å². The van der Waals surface area contributed by atoms with E-state index in [1.165, 1.54) is 55.5 Å². The third-order valence-electron chi connectivity index (χ3n) is 6.38. The van der Waals surface area contributed by atoms with Crippen LogP contribution < -0.4 is 9.62 Å². The minimum Gasteiger partial charge on any atom is -0.354 e. The van der Waals surface area contributed by atoms with Gasteiger partial charge < -0.3 is 10.2 Å². The van der Waals surface area contributed by atoms with E-state index >= 15 is 0 Å². The number of hydrogen-bond acceptors (Lipinski definition) is 4. The largest absolute Gasteiger partial charge is 0.354 e. The Morgan fingerprint density at radius 1 is 1.00 bits per heavy atom. The van der Waals surface area contributed by atoms with Gasteiger partial charge in [0.05, 0.1) is 20.6 Å². The molecule has 0 saturated heterocycles. The van der Waals surface area contributed by atoms with Crippen LogP contribution in [0.3, 0.4) is 0 Å². The molecule has 3 aromatic rings.